The first-order valence-electron chi connectivity index (χ1n) is 7.27. The van der Waals surface area contributed by atoms with Gasteiger partial charge in [-0.1, -0.05) is 75.5 Å². The molecule has 0 radical (unpaired) electrons. The van der Waals surface area contributed by atoms with E-state index in [0.717, 1.165) is 11.1 Å². The molecule has 0 fully saturated rings. The minimum Gasteiger partial charge on any atom is -0.315 e. The topological polar surface area (TPSA) is 73.4 Å². The van der Waals surface area contributed by atoms with Gasteiger partial charge in [0.25, 0.3) is 5.56 Å². The molecule has 0 saturated carbocycles. The molecule has 0 saturated heterocycles. The van der Waals surface area contributed by atoms with Gasteiger partial charge in [0.2, 0.25) is 0 Å². The zero-order valence-electron chi connectivity index (χ0n) is 12.6. The number of H-pyrrole nitrogens is 2. The molecule has 2 aromatic carbocycles. The molecule has 3 rings (SSSR count). The molecule has 0 aliphatic rings. The van der Waals surface area contributed by atoms with Gasteiger partial charge in [-0.2, -0.15) is 0 Å². The molecule has 0 spiro atoms. The maximum absolute atomic E-state index is 12.2. The highest BCUT2D eigenvalue weighted by Crippen LogP contribution is 2.20. The predicted octanol–water partition coefficient (Wildman–Crippen LogP) is 5.21. The van der Waals surface area contributed by atoms with Crippen molar-refractivity contribution in [3.63, 3.8) is 0 Å². The third-order valence-corrected chi connectivity index (χ3v) is 3.39. The summed E-state index contributed by atoms with van der Waals surface area (Å²) in [6.45, 7) is 0. The average Bonchev–Trinajstić information content (AvgIpc) is 2.61. The van der Waals surface area contributed by atoms with E-state index in [9.17, 15) is 4.79 Å². The molecule has 5 nitrogen and oxygen atoms in total. The van der Waals surface area contributed by atoms with E-state index in [4.69, 9.17) is 12.2 Å². The van der Waals surface area contributed by atoms with Gasteiger partial charge in [-0.15, -0.1) is 0 Å². The zero-order chi connectivity index (χ0) is 16.8. The van der Waals surface area contributed by atoms with Crippen LogP contribution in [0.4, 0.5) is 11.5 Å². The van der Waals surface area contributed by atoms with Crippen LogP contribution in [0.15, 0.2) is 75.4 Å². The summed E-state index contributed by atoms with van der Waals surface area (Å²) in [5, 5.41) is 0. The Bertz CT molecular complexity index is 990. The van der Waals surface area contributed by atoms with Crippen molar-refractivity contribution in [2.45, 2.75) is 14.9 Å². The molecule has 0 amide bonds. The number of aromatic nitrogens is 2. The minimum atomic E-state index is -0.383. The van der Waals surface area contributed by atoms with E-state index in [1.165, 1.54) is 0 Å². The van der Waals surface area contributed by atoms with Crippen LogP contribution in [0.1, 0.15) is 26.0 Å². The summed E-state index contributed by atoms with van der Waals surface area (Å²) in [7, 11) is 0. The van der Waals surface area contributed by atoms with Crippen molar-refractivity contribution >= 4 is 36.2 Å². The fourth-order valence-corrected chi connectivity index (χ4v) is 2.23. The van der Waals surface area contributed by atoms with E-state index in [1.807, 2.05) is 60.7 Å². The first-order valence-corrected chi connectivity index (χ1v) is 7.68. The van der Waals surface area contributed by atoms with Crippen LogP contribution in [-0.2, 0) is 0 Å². The summed E-state index contributed by atoms with van der Waals surface area (Å²) < 4.78 is 0.207. The van der Waals surface area contributed by atoms with Crippen LogP contribution in [0.3, 0.4) is 0 Å². The molecule has 2 N–H and O–H groups in total. The standard InChI is InChI=1S/C18H14N4OS.2CH4/c23-17-15(19-11-13-7-3-1-4-8-13)16(21-18(24)22-17)20-12-14-9-5-2-6-10-14;;/h1-12H,(H2,21,22,23,24);2*1H4. The Morgan fingerprint density at radius 1 is 0.769 bits per heavy atom. The lowest BCUT2D eigenvalue weighted by atomic mass is 10.2. The first kappa shape index (κ1) is 20.9. The molecule has 0 aliphatic carbocycles. The van der Waals surface area contributed by atoms with Crippen LogP contribution in [-0.4, -0.2) is 22.4 Å². The Kier molecular flexibility index (Phi) is 8.05. The van der Waals surface area contributed by atoms with Crippen molar-refractivity contribution in [3.05, 3.63) is 86.9 Å². The molecule has 1 aromatic heterocycles. The fourth-order valence-electron chi connectivity index (χ4n) is 2.04. The van der Waals surface area contributed by atoms with Crippen LogP contribution < -0.4 is 5.56 Å². The van der Waals surface area contributed by atoms with Gasteiger partial charge in [0.1, 0.15) is 0 Å². The number of nitrogens with one attached hydrogen (secondary N) is 2. The quantitative estimate of drug-likeness (QED) is 0.491. The lowest BCUT2D eigenvalue weighted by molar-refractivity contribution is 1.07. The molecule has 26 heavy (non-hydrogen) atoms. The van der Waals surface area contributed by atoms with Crippen LogP contribution in [0, 0.1) is 4.77 Å². The third-order valence-electron chi connectivity index (χ3n) is 3.18. The van der Waals surface area contributed by atoms with Gasteiger partial charge in [-0.3, -0.25) is 9.78 Å². The van der Waals surface area contributed by atoms with Crippen LogP contribution in [0.5, 0.6) is 0 Å². The molecule has 0 aliphatic heterocycles. The molecule has 0 bridgehead atoms. The summed E-state index contributed by atoms with van der Waals surface area (Å²) in [6, 6.07) is 19.1. The van der Waals surface area contributed by atoms with Crippen molar-refractivity contribution in [1.82, 2.24) is 9.97 Å². The number of aliphatic imine (C=N–C) groups is 2. The summed E-state index contributed by atoms with van der Waals surface area (Å²) in [4.78, 5) is 26.2. The Balaban J connectivity index is 0.00000169. The van der Waals surface area contributed by atoms with Gasteiger partial charge in [-0.05, 0) is 23.3 Å². The highest BCUT2D eigenvalue weighted by molar-refractivity contribution is 7.71. The van der Waals surface area contributed by atoms with Crippen molar-refractivity contribution < 1.29 is 0 Å². The second-order valence-corrected chi connectivity index (χ2v) is 5.35. The van der Waals surface area contributed by atoms with Gasteiger partial charge in [0.05, 0.1) is 0 Å². The van der Waals surface area contributed by atoms with Gasteiger partial charge in [-0.25, -0.2) is 9.98 Å². The van der Waals surface area contributed by atoms with Gasteiger partial charge in [0, 0.05) is 12.4 Å². The van der Waals surface area contributed by atoms with E-state index < -0.39 is 0 Å². The number of hydrogen-bond donors (Lipinski definition) is 2. The second kappa shape index (κ2) is 10.0. The number of hydrogen-bond acceptors (Lipinski definition) is 4. The van der Waals surface area contributed by atoms with Gasteiger partial charge in [0.15, 0.2) is 16.3 Å². The highest BCUT2D eigenvalue weighted by atomic mass is 32.1. The smallest absolute Gasteiger partial charge is 0.279 e. The Morgan fingerprint density at radius 3 is 1.81 bits per heavy atom. The SMILES string of the molecule is C.C.O=c1[nH]c(=S)[nH]c(N=Cc2ccccc2)c1N=Cc1ccccc1. The number of benzene rings is 2. The molecule has 6 heteroatoms. The van der Waals surface area contributed by atoms with Crippen LogP contribution >= 0.6 is 12.2 Å². The monoisotopic (exact) mass is 366 g/mol. The molecule has 1 heterocycles. The molecule has 0 atom stereocenters. The zero-order valence-corrected chi connectivity index (χ0v) is 13.5. The summed E-state index contributed by atoms with van der Waals surface area (Å²) in [5.74, 6) is 0.319. The molecular weight excluding hydrogens is 344 g/mol. The molecular formula is C20H22N4OS. The van der Waals surface area contributed by atoms with E-state index in [2.05, 4.69) is 20.0 Å². The van der Waals surface area contributed by atoms with Crippen molar-refractivity contribution in [2.24, 2.45) is 9.98 Å². The van der Waals surface area contributed by atoms with E-state index in [-0.39, 0.29) is 30.9 Å². The summed E-state index contributed by atoms with van der Waals surface area (Å²) in [6.07, 6.45) is 3.27. The van der Waals surface area contributed by atoms with Crippen molar-refractivity contribution in [3.8, 4) is 0 Å². The molecule has 134 valence electrons. The van der Waals surface area contributed by atoms with E-state index >= 15 is 0 Å². The Morgan fingerprint density at radius 2 is 1.27 bits per heavy atom. The maximum Gasteiger partial charge on any atom is 0.279 e. The van der Waals surface area contributed by atoms with E-state index in [0.29, 0.717) is 5.82 Å². The van der Waals surface area contributed by atoms with Gasteiger partial charge < -0.3 is 4.98 Å². The largest absolute Gasteiger partial charge is 0.315 e. The predicted molar refractivity (Wildman–Crippen MR) is 113 cm³/mol. The molecule has 3 aromatic rings. The van der Waals surface area contributed by atoms with Crippen LogP contribution in [0.25, 0.3) is 0 Å². The fraction of sp³-hybridized carbons (Fsp3) is 0.100. The number of aromatic amines is 2. The van der Waals surface area contributed by atoms with E-state index in [1.54, 1.807) is 12.4 Å². The highest BCUT2D eigenvalue weighted by Gasteiger charge is 2.05. The minimum absolute atomic E-state index is 0. The van der Waals surface area contributed by atoms with Gasteiger partial charge >= 0.3 is 0 Å². The maximum atomic E-state index is 12.2. The lowest BCUT2D eigenvalue weighted by Crippen LogP contribution is -2.07. The van der Waals surface area contributed by atoms with Crippen molar-refractivity contribution in [2.75, 3.05) is 0 Å². The second-order valence-electron chi connectivity index (χ2n) is 4.94. The number of nitrogens with zero attached hydrogens (tertiary/aromatic N) is 2. The third kappa shape index (κ3) is 5.46. The first-order chi connectivity index (χ1) is 11.7. The lowest BCUT2D eigenvalue weighted by Gasteiger charge is -2.00. The summed E-state index contributed by atoms with van der Waals surface area (Å²) in [5.41, 5.74) is 1.60. The number of rotatable bonds is 4. The molecule has 0 unspecified atom stereocenters. The normalized spacial score (nSPS) is 10.5. The average molecular weight is 366 g/mol. The Labute approximate surface area is 158 Å². The van der Waals surface area contributed by atoms with Crippen molar-refractivity contribution in [1.29, 1.82) is 0 Å². The Hall–Kier alpha value is -3.12. The van der Waals surface area contributed by atoms with Crippen LogP contribution in [0.2, 0.25) is 0 Å². The summed E-state index contributed by atoms with van der Waals surface area (Å²) >= 11 is 5.02.